The summed E-state index contributed by atoms with van der Waals surface area (Å²) in [6.45, 7) is 16.0. The summed E-state index contributed by atoms with van der Waals surface area (Å²) < 4.78 is 0. The lowest BCUT2D eigenvalue weighted by Crippen LogP contribution is -2.65. The van der Waals surface area contributed by atoms with Gasteiger partial charge in [-0.15, -0.1) is 0 Å². The van der Waals surface area contributed by atoms with E-state index in [2.05, 4.69) is 27.7 Å². The lowest BCUT2D eigenvalue weighted by atomic mass is 9.40. The smallest absolute Gasteiger partial charge is 0.205 e. The standard InChI is InChI=1S/C14H24O2/c1-11(2)9(15)10(16)12(3,4)14(7,8)13(11,5)6/h1-8H3. The number of rotatable bonds is 0. The van der Waals surface area contributed by atoms with Gasteiger partial charge in [0.05, 0.1) is 0 Å². The molecule has 0 saturated heterocycles. The number of hydrogen-bond donors (Lipinski definition) is 0. The third-order valence-electron chi connectivity index (χ3n) is 6.03. The van der Waals surface area contributed by atoms with E-state index in [-0.39, 0.29) is 22.4 Å². The second-order valence-corrected chi connectivity index (χ2v) is 7.16. The molecule has 2 heteroatoms. The van der Waals surface area contributed by atoms with E-state index in [1.54, 1.807) is 0 Å². The molecule has 1 aliphatic carbocycles. The Balaban J connectivity index is 3.54. The van der Waals surface area contributed by atoms with Gasteiger partial charge in [0.15, 0.2) is 0 Å². The largest absolute Gasteiger partial charge is 0.290 e. The van der Waals surface area contributed by atoms with Crippen molar-refractivity contribution in [2.75, 3.05) is 0 Å². The number of Topliss-reactive ketones (excluding diaryl/α,β-unsaturated/α-hetero) is 2. The van der Waals surface area contributed by atoms with Crippen molar-refractivity contribution in [2.24, 2.45) is 21.7 Å². The highest BCUT2D eigenvalue weighted by Crippen LogP contribution is 2.63. The van der Waals surface area contributed by atoms with Gasteiger partial charge in [0.25, 0.3) is 0 Å². The van der Waals surface area contributed by atoms with E-state index >= 15 is 0 Å². The van der Waals surface area contributed by atoms with E-state index in [0.717, 1.165) is 0 Å². The van der Waals surface area contributed by atoms with E-state index in [0.29, 0.717) is 0 Å². The quantitative estimate of drug-likeness (QED) is 0.592. The Morgan fingerprint density at radius 1 is 0.562 bits per heavy atom. The van der Waals surface area contributed by atoms with Crippen LogP contribution in [0.1, 0.15) is 55.4 Å². The molecule has 0 unspecified atom stereocenters. The van der Waals surface area contributed by atoms with Crippen LogP contribution in [0.2, 0.25) is 0 Å². The van der Waals surface area contributed by atoms with Crippen LogP contribution in [0.15, 0.2) is 0 Å². The van der Waals surface area contributed by atoms with Crippen molar-refractivity contribution in [2.45, 2.75) is 55.4 Å². The van der Waals surface area contributed by atoms with Gasteiger partial charge in [-0.1, -0.05) is 55.4 Å². The van der Waals surface area contributed by atoms with Crippen LogP contribution >= 0.6 is 0 Å². The minimum Gasteiger partial charge on any atom is -0.290 e. The van der Waals surface area contributed by atoms with Crippen LogP contribution in [-0.4, -0.2) is 11.6 Å². The van der Waals surface area contributed by atoms with Crippen molar-refractivity contribution in [1.29, 1.82) is 0 Å². The van der Waals surface area contributed by atoms with Crippen LogP contribution in [0.5, 0.6) is 0 Å². The minimum atomic E-state index is -0.594. The Bertz CT molecular complexity index is 321. The first-order valence-electron chi connectivity index (χ1n) is 5.91. The SMILES string of the molecule is CC1(C)C(=O)C(=O)C(C)(C)C(C)(C)C1(C)C. The highest BCUT2D eigenvalue weighted by Gasteiger charge is 2.66. The summed E-state index contributed by atoms with van der Waals surface area (Å²) in [5.74, 6) is -0.441. The van der Waals surface area contributed by atoms with Gasteiger partial charge in [0, 0.05) is 10.8 Å². The van der Waals surface area contributed by atoms with E-state index in [1.807, 2.05) is 27.7 Å². The second kappa shape index (κ2) is 2.96. The minimum absolute atomic E-state index is 0.214. The molecule has 2 nitrogen and oxygen atoms in total. The topological polar surface area (TPSA) is 34.1 Å². The van der Waals surface area contributed by atoms with Gasteiger partial charge in [0.1, 0.15) is 0 Å². The van der Waals surface area contributed by atoms with Crippen molar-refractivity contribution >= 4 is 11.6 Å². The summed E-state index contributed by atoms with van der Waals surface area (Å²) in [6, 6.07) is 0. The summed E-state index contributed by atoms with van der Waals surface area (Å²) in [4.78, 5) is 24.4. The Labute approximate surface area is 98.8 Å². The van der Waals surface area contributed by atoms with Crippen LogP contribution in [0.25, 0.3) is 0 Å². The molecule has 1 saturated carbocycles. The maximum atomic E-state index is 12.2. The van der Waals surface area contributed by atoms with Gasteiger partial charge < -0.3 is 0 Å². The average molecular weight is 224 g/mol. The molecule has 0 heterocycles. The van der Waals surface area contributed by atoms with Crippen LogP contribution in [0, 0.1) is 21.7 Å². The maximum Gasteiger partial charge on any atom is 0.205 e. The first kappa shape index (κ1) is 13.4. The van der Waals surface area contributed by atoms with Gasteiger partial charge in [-0.2, -0.15) is 0 Å². The average Bonchev–Trinajstić information content (AvgIpc) is 2.12. The molecular weight excluding hydrogens is 200 g/mol. The van der Waals surface area contributed by atoms with Crippen LogP contribution < -0.4 is 0 Å². The zero-order valence-electron chi connectivity index (χ0n) is 11.8. The Hall–Kier alpha value is -0.660. The molecule has 92 valence electrons. The van der Waals surface area contributed by atoms with Gasteiger partial charge >= 0.3 is 0 Å². The van der Waals surface area contributed by atoms with Gasteiger partial charge in [-0.05, 0) is 10.8 Å². The fourth-order valence-electron chi connectivity index (χ4n) is 2.70. The fraction of sp³-hybridized carbons (Fsp3) is 0.857. The van der Waals surface area contributed by atoms with Gasteiger partial charge in [0.2, 0.25) is 11.6 Å². The number of ketones is 2. The predicted octanol–water partition coefficient (Wildman–Crippen LogP) is 3.24. The van der Waals surface area contributed by atoms with Gasteiger partial charge in [-0.3, -0.25) is 9.59 Å². The molecule has 0 amide bonds. The monoisotopic (exact) mass is 224 g/mol. The molecule has 0 aromatic carbocycles. The second-order valence-electron chi connectivity index (χ2n) is 7.16. The van der Waals surface area contributed by atoms with Crippen LogP contribution in [0.3, 0.4) is 0 Å². The molecule has 0 atom stereocenters. The molecule has 0 spiro atoms. The number of hydrogen-bond acceptors (Lipinski definition) is 2. The summed E-state index contributed by atoms with van der Waals surface area (Å²) in [7, 11) is 0. The van der Waals surface area contributed by atoms with Crippen LogP contribution in [-0.2, 0) is 9.59 Å². The first-order chi connectivity index (χ1) is 6.82. The van der Waals surface area contributed by atoms with Crippen LogP contribution in [0.4, 0.5) is 0 Å². The Morgan fingerprint density at radius 2 is 0.750 bits per heavy atom. The normalized spacial score (nSPS) is 30.2. The van der Waals surface area contributed by atoms with E-state index in [9.17, 15) is 9.59 Å². The maximum absolute atomic E-state index is 12.2. The van der Waals surface area contributed by atoms with Crippen molar-refractivity contribution < 1.29 is 9.59 Å². The van der Waals surface area contributed by atoms with Crippen molar-refractivity contribution in [1.82, 2.24) is 0 Å². The first-order valence-corrected chi connectivity index (χ1v) is 5.91. The third kappa shape index (κ3) is 1.13. The molecule has 0 N–H and O–H groups in total. The van der Waals surface area contributed by atoms with E-state index < -0.39 is 10.8 Å². The molecule has 1 aliphatic rings. The molecule has 1 rings (SSSR count). The summed E-state index contributed by atoms with van der Waals surface area (Å²) in [5.41, 5.74) is -1.62. The van der Waals surface area contributed by atoms with E-state index in [4.69, 9.17) is 0 Å². The molecule has 0 radical (unpaired) electrons. The predicted molar refractivity (Wildman–Crippen MR) is 65.1 cm³/mol. The Morgan fingerprint density at radius 3 is 0.938 bits per heavy atom. The van der Waals surface area contributed by atoms with Crippen molar-refractivity contribution in [3.63, 3.8) is 0 Å². The lowest BCUT2D eigenvalue weighted by molar-refractivity contribution is -0.179. The zero-order chi connectivity index (χ0) is 13.2. The molecular formula is C14H24O2. The molecule has 16 heavy (non-hydrogen) atoms. The fourth-order valence-corrected chi connectivity index (χ4v) is 2.70. The number of carbonyl (C=O) groups excluding carboxylic acids is 2. The Kier molecular flexibility index (Phi) is 2.48. The molecule has 0 aromatic rings. The third-order valence-corrected chi connectivity index (χ3v) is 6.03. The lowest BCUT2D eigenvalue weighted by Gasteiger charge is -2.61. The molecule has 0 bridgehead atoms. The highest BCUT2D eigenvalue weighted by atomic mass is 16.2. The highest BCUT2D eigenvalue weighted by molar-refractivity contribution is 6.41. The zero-order valence-corrected chi connectivity index (χ0v) is 11.8. The summed E-state index contributed by atoms with van der Waals surface area (Å²) in [5, 5.41) is 0. The van der Waals surface area contributed by atoms with E-state index in [1.165, 1.54) is 0 Å². The molecule has 0 aromatic heterocycles. The molecule has 0 aliphatic heterocycles. The summed E-state index contributed by atoms with van der Waals surface area (Å²) >= 11 is 0. The number of carbonyl (C=O) groups is 2. The van der Waals surface area contributed by atoms with Gasteiger partial charge in [-0.25, -0.2) is 0 Å². The summed E-state index contributed by atoms with van der Waals surface area (Å²) in [6.07, 6.45) is 0. The molecule has 1 fully saturated rings. The van der Waals surface area contributed by atoms with Crippen molar-refractivity contribution in [3.05, 3.63) is 0 Å². The van der Waals surface area contributed by atoms with Crippen molar-refractivity contribution in [3.8, 4) is 0 Å².